The number of aliphatic hydroxyl groups is 1. The van der Waals surface area contributed by atoms with Crippen molar-refractivity contribution in [1.82, 2.24) is 15.4 Å². The van der Waals surface area contributed by atoms with Gasteiger partial charge in [0, 0.05) is 29.6 Å². The minimum Gasteiger partial charge on any atom is -0.507 e. The molecule has 13 heteroatoms. The SMILES string of the molecule is CCCCOc1noc2c1C(=O)[C@@]1(O[Si](C)(C)C(C)(C)C)C(=O)C3=C(O)c4c(c(Br)c(F)c(CNC(C)C)c4OCCCC)C[C@H]3C[C@H]1[C@@H]2N(C)C. The zero-order chi connectivity index (χ0) is 38.5. The summed E-state index contributed by atoms with van der Waals surface area (Å²) in [7, 11) is 0.874. The third-order valence-electron chi connectivity index (χ3n) is 11.4. The number of unbranched alkanes of at least 4 members (excludes halogenated alkanes) is 2. The highest BCUT2D eigenvalue weighted by molar-refractivity contribution is 9.10. The molecule has 10 nitrogen and oxygen atoms in total. The van der Waals surface area contributed by atoms with Crippen LogP contribution >= 0.6 is 15.9 Å². The van der Waals surface area contributed by atoms with Gasteiger partial charge in [0.25, 0.3) is 5.88 Å². The Labute approximate surface area is 317 Å². The summed E-state index contributed by atoms with van der Waals surface area (Å²) in [4.78, 5) is 32.9. The molecule has 0 aliphatic heterocycles. The van der Waals surface area contributed by atoms with Gasteiger partial charge in [-0.15, -0.1) is 0 Å². The number of hydrogen-bond acceptors (Lipinski definition) is 10. The molecule has 1 saturated carbocycles. The number of ether oxygens (including phenoxy) is 2. The summed E-state index contributed by atoms with van der Waals surface area (Å²) in [5.74, 6) is -2.55. The highest BCUT2D eigenvalue weighted by atomic mass is 79.9. The summed E-state index contributed by atoms with van der Waals surface area (Å²) >= 11 is 3.54. The maximum atomic E-state index is 16.3. The number of aromatic nitrogens is 1. The van der Waals surface area contributed by atoms with E-state index in [9.17, 15) is 5.11 Å². The van der Waals surface area contributed by atoms with Crippen LogP contribution in [0.1, 0.15) is 119 Å². The van der Waals surface area contributed by atoms with Crippen LogP contribution in [-0.4, -0.2) is 74.0 Å². The number of benzene rings is 1. The molecule has 0 bridgehead atoms. The molecule has 1 aromatic carbocycles. The van der Waals surface area contributed by atoms with Crippen molar-refractivity contribution in [2.45, 2.75) is 129 Å². The van der Waals surface area contributed by atoms with Crippen molar-refractivity contribution in [3.8, 4) is 11.6 Å². The number of Topliss-reactive ketones (excluding diaryl/α,β-unsaturated/α-hetero) is 2. The molecule has 3 aliphatic carbocycles. The summed E-state index contributed by atoms with van der Waals surface area (Å²) in [6, 6.07) is -0.529. The number of carbonyl (C=O) groups excluding carboxylic acids is 2. The number of fused-ring (bicyclic) bond motifs is 4. The first-order chi connectivity index (χ1) is 24.3. The predicted molar refractivity (Wildman–Crippen MR) is 205 cm³/mol. The Morgan fingerprint density at radius 2 is 1.73 bits per heavy atom. The fraction of sp³-hybridized carbons (Fsp3) is 0.667. The van der Waals surface area contributed by atoms with Crippen LogP contribution in [0.2, 0.25) is 18.1 Å². The quantitative estimate of drug-likeness (QED) is 0.109. The Kier molecular flexibility index (Phi) is 11.9. The fourth-order valence-electron chi connectivity index (χ4n) is 7.58. The van der Waals surface area contributed by atoms with Crippen LogP contribution in [0.25, 0.3) is 5.76 Å². The van der Waals surface area contributed by atoms with Crippen molar-refractivity contribution in [2.24, 2.45) is 11.8 Å². The normalized spacial score (nSPS) is 23.2. The molecular formula is C39H57BrFN3O7Si. The molecule has 5 rings (SSSR count). The summed E-state index contributed by atoms with van der Waals surface area (Å²) < 4.78 is 42.0. The molecule has 2 N–H and O–H groups in total. The smallest absolute Gasteiger partial charge is 0.265 e. The van der Waals surface area contributed by atoms with E-state index < -0.39 is 49.2 Å². The van der Waals surface area contributed by atoms with E-state index in [1.54, 1.807) is 0 Å². The Morgan fingerprint density at radius 3 is 2.31 bits per heavy atom. The average molecular weight is 807 g/mol. The molecule has 3 aliphatic rings. The third kappa shape index (κ3) is 6.82. The van der Waals surface area contributed by atoms with Gasteiger partial charge < -0.3 is 28.8 Å². The molecule has 4 atom stereocenters. The van der Waals surface area contributed by atoms with Gasteiger partial charge in [0.2, 0.25) is 11.6 Å². The highest BCUT2D eigenvalue weighted by Gasteiger charge is 2.69. The first kappa shape index (κ1) is 40.6. The number of rotatable bonds is 14. The van der Waals surface area contributed by atoms with E-state index in [0.717, 1.165) is 25.7 Å². The summed E-state index contributed by atoms with van der Waals surface area (Å²) in [6.07, 6.45) is 3.73. The number of hydrogen-bond donors (Lipinski definition) is 2. The van der Waals surface area contributed by atoms with E-state index in [2.05, 4.69) is 47.2 Å². The molecular weight excluding hydrogens is 749 g/mol. The van der Waals surface area contributed by atoms with Crippen LogP contribution in [0.4, 0.5) is 4.39 Å². The average Bonchev–Trinajstić information content (AvgIpc) is 3.47. The van der Waals surface area contributed by atoms with Gasteiger partial charge in [0.15, 0.2) is 19.7 Å². The molecule has 0 unspecified atom stereocenters. The van der Waals surface area contributed by atoms with Gasteiger partial charge >= 0.3 is 0 Å². The van der Waals surface area contributed by atoms with Crippen molar-refractivity contribution in [1.29, 1.82) is 0 Å². The molecule has 0 amide bonds. The van der Waals surface area contributed by atoms with E-state index in [0.29, 0.717) is 24.5 Å². The number of carbonyl (C=O) groups is 2. The van der Waals surface area contributed by atoms with Crippen molar-refractivity contribution in [3.63, 3.8) is 0 Å². The second-order valence-electron chi connectivity index (χ2n) is 16.6. The van der Waals surface area contributed by atoms with Gasteiger partial charge in [-0.25, -0.2) is 4.39 Å². The third-order valence-corrected chi connectivity index (χ3v) is 16.6. The lowest BCUT2D eigenvalue weighted by Gasteiger charge is -2.55. The van der Waals surface area contributed by atoms with E-state index in [1.807, 2.05) is 59.8 Å². The summed E-state index contributed by atoms with van der Waals surface area (Å²) in [5, 5.41) is 19.6. The van der Waals surface area contributed by atoms with Gasteiger partial charge in [0.05, 0.1) is 29.3 Å². The first-order valence-corrected chi connectivity index (χ1v) is 22.5. The molecule has 0 radical (unpaired) electrons. The Morgan fingerprint density at radius 1 is 1.10 bits per heavy atom. The molecule has 1 heterocycles. The highest BCUT2D eigenvalue weighted by Crippen LogP contribution is 2.59. The zero-order valence-corrected chi connectivity index (χ0v) is 35.3. The molecule has 1 fully saturated rings. The largest absolute Gasteiger partial charge is 0.507 e. The van der Waals surface area contributed by atoms with Gasteiger partial charge in [-0.3, -0.25) is 14.5 Å². The van der Waals surface area contributed by atoms with Crippen molar-refractivity contribution in [2.75, 3.05) is 27.3 Å². The van der Waals surface area contributed by atoms with Crippen LogP contribution < -0.4 is 14.8 Å². The lowest BCUT2D eigenvalue weighted by atomic mass is 9.57. The van der Waals surface area contributed by atoms with Crippen molar-refractivity contribution < 1.29 is 37.5 Å². The lowest BCUT2D eigenvalue weighted by molar-refractivity contribution is -0.140. The van der Waals surface area contributed by atoms with Crippen molar-refractivity contribution in [3.05, 3.63) is 43.9 Å². The fourth-order valence-corrected chi connectivity index (χ4v) is 9.62. The number of halogens is 2. The Hall–Kier alpha value is -2.58. The van der Waals surface area contributed by atoms with E-state index >= 15 is 14.0 Å². The number of aliphatic hydroxyl groups excluding tert-OH is 1. The van der Waals surface area contributed by atoms with E-state index in [-0.39, 0.29) is 74.6 Å². The molecule has 0 saturated heterocycles. The van der Waals surface area contributed by atoms with E-state index in [1.165, 1.54) is 0 Å². The van der Waals surface area contributed by atoms with Gasteiger partial charge in [-0.1, -0.05) is 61.3 Å². The number of nitrogens with one attached hydrogen (secondary N) is 1. The Bertz CT molecular complexity index is 1730. The van der Waals surface area contributed by atoms with Gasteiger partial charge in [0.1, 0.15) is 22.9 Å². The van der Waals surface area contributed by atoms with Crippen LogP contribution in [0.5, 0.6) is 11.6 Å². The maximum Gasteiger partial charge on any atom is 0.265 e. The molecule has 1 aromatic heterocycles. The van der Waals surface area contributed by atoms with Gasteiger partial charge in [-0.05, 0) is 90.5 Å². The molecule has 0 spiro atoms. The summed E-state index contributed by atoms with van der Waals surface area (Å²) in [6.45, 7) is 19.0. The van der Waals surface area contributed by atoms with Crippen LogP contribution in [-0.2, 0) is 22.2 Å². The minimum atomic E-state index is -2.88. The number of ketones is 2. The van der Waals surface area contributed by atoms with Crippen LogP contribution in [0, 0.1) is 17.7 Å². The predicted octanol–water partition coefficient (Wildman–Crippen LogP) is 8.72. The monoisotopic (exact) mass is 805 g/mol. The second-order valence-corrected chi connectivity index (χ2v) is 22.1. The minimum absolute atomic E-state index is 0.0485. The molecule has 52 heavy (non-hydrogen) atoms. The van der Waals surface area contributed by atoms with Crippen LogP contribution in [0.3, 0.4) is 0 Å². The summed E-state index contributed by atoms with van der Waals surface area (Å²) in [5.41, 5.74) is -0.693. The van der Waals surface area contributed by atoms with Crippen LogP contribution in [0.15, 0.2) is 14.6 Å². The second kappa shape index (κ2) is 15.3. The van der Waals surface area contributed by atoms with Crippen molar-refractivity contribution >= 4 is 41.6 Å². The zero-order valence-electron chi connectivity index (χ0n) is 32.7. The standard InChI is InChI=1S/C39H57BrFN3O7Si/c1-12-14-16-48-33-24(20-42-21(3)4)30(41)29(40)23-18-22-19-25-31(44(8)9)34-28(37(43-50-34)49-17-15-13-2)36(47)39(25,51-52(10,11)38(5,6)7)35(46)26(22)32(45)27(23)33/h21-22,25,31,42,45H,12-20H2,1-11H3/t22-,25-,31-,39-/m0/s1. The number of nitrogens with zero attached hydrogens (tertiary/aromatic N) is 2. The van der Waals surface area contributed by atoms with Gasteiger partial charge in [-0.2, -0.15) is 0 Å². The molecule has 288 valence electrons. The lowest BCUT2D eigenvalue weighted by Crippen LogP contribution is -2.68. The maximum absolute atomic E-state index is 16.3. The first-order valence-electron chi connectivity index (χ1n) is 18.8. The molecule has 2 aromatic rings. The van der Waals surface area contributed by atoms with E-state index in [4.69, 9.17) is 18.4 Å². The Balaban J connectivity index is 1.80. The topological polar surface area (TPSA) is 123 Å².